The first-order valence-electron chi connectivity index (χ1n) is 9.82. The largest absolute Gasteiger partial charge is 0.486 e. The van der Waals surface area contributed by atoms with Crippen molar-refractivity contribution in [3.8, 4) is 22.8 Å². The molecule has 0 saturated heterocycles. The number of carbonyl (C=O) groups is 1. The number of aryl methyl sites for hydroxylation is 1. The van der Waals surface area contributed by atoms with Crippen LogP contribution in [0.5, 0.6) is 11.5 Å². The lowest BCUT2D eigenvalue weighted by Gasteiger charge is -2.18. The Morgan fingerprint density at radius 2 is 1.93 bits per heavy atom. The SMILES string of the molecule is Cn1cc(CC(=O)NCc2cc(-c3ccc4c(c3)OCCO4)on2)c2ccccc21. The van der Waals surface area contributed by atoms with Gasteiger partial charge in [0.15, 0.2) is 17.3 Å². The Bertz CT molecular complexity index is 1220. The van der Waals surface area contributed by atoms with E-state index in [1.165, 1.54) is 0 Å². The Morgan fingerprint density at radius 3 is 2.83 bits per heavy atom. The van der Waals surface area contributed by atoms with Crippen LogP contribution in [0.15, 0.2) is 59.3 Å². The first-order chi connectivity index (χ1) is 14.7. The average molecular weight is 403 g/mol. The van der Waals surface area contributed by atoms with Gasteiger partial charge in [-0.15, -0.1) is 0 Å². The lowest BCUT2D eigenvalue weighted by molar-refractivity contribution is -0.120. The molecule has 1 N–H and O–H groups in total. The number of rotatable bonds is 5. The number of nitrogens with zero attached hydrogens (tertiary/aromatic N) is 2. The molecule has 3 heterocycles. The van der Waals surface area contributed by atoms with Gasteiger partial charge in [0.25, 0.3) is 0 Å². The molecule has 1 amide bonds. The van der Waals surface area contributed by atoms with E-state index in [4.69, 9.17) is 14.0 Å². The molecular weight excluding hydrogens is 382 g/mol. The van der Waals surface area contributed by atoms with Gasteiger partial charge in [0.2, 0.25) is 5.91 Å². The summed E-state index contributed by atoms with van der Waals surface area (Å²) < 4.78 is 18.6. The van der Waals surface area contributed by atoms with Gasteiger partial charge in [-0.2, -0.15) is 0 Å². The van der Waals surface area contributed by atoms with Crippen LogP contribution in [0.25, 0.3) is 22.2 Å². The van der Waals surface area contributed by atoms with E-state index in [-0.39, 0.29) is 5.91 Å². The number of nitrogens with one attached hydrogen (secondary N) is 1. The van der Waals surface area contributed by atoms with Crippen molar-refractivity contribution in [3.63, 3.8) is 0 Å². The topological polar surface area (TPSA) is 78.5 Å². The van der Waals surface area contributed by atoms with Gasteiger partial charge in [-0.3, -0.25) is 4.79 Å². The normalized spacial score (nSPS) is 12.8. The van der Waals surface area contributed by atoms with Crippen molar-refractivity contribution in [2.75, 3.05) is 13.2 Å². The van der Waals surface area contributed by atoms with E-state index in [9.17, 15) is 4.79 Å². The van der Waals surface area contributed by atoms with Crippen LogP contribution in [-0.4, -0.2) is 28.8 Å². The van der Waals surface area contributed by atoms with Gasteiger partial charge in [0.05, 0.1) is 13.0 Å². The minimum atomic E-state index is -0.0600. The second-order valence-corrected chi connectivity index (χ2v) is 7.28. The highest BCUT2D eigenvalue weighted by Crippen LogP contribution is 2.34. The molecule has 2 aromatic heterocycles. The van der Waals surface area contributed by atoms with Crippen LogP contribution in [0.2, 0.25) is 0 Å². The summed E-state index contributed by atoms with van der Waals surface area (Å²) in [7, 11) is 1.98. The highest BCUT2D eigenvalue weighted by atomic mass is 16.6. The van der Waals surface area contributed by atoms with E-state index >= 15 is 0 Å². The quantitative estimate of drug-likeness (QED) is 0.552. The molecule has 4 aromatic rings. The molecule has 0 fully saturated rings. The minimum absolute atomic E-state index is 0.0600. The fourth-order valence-electron chi connectivity index (χ4n) is 3.72. The molecule has 2 aromatic carbocycles. The van der Waals surface area contributed by atoms with E-state index in [0.29, 0.717) is 43.4 Å². The molecule has 1 aliphatic rings. The minimum Gasteiger partial charge on any atom is -0.486 e. The zero-order valence-electron chi connectivity index (χ0n) is 16.6. The second kappa shape index (κ2) is 7.59. The number of carbonyl (C=O) groups excluding carboxylic acids is 1. The Hall–Kier alpha value is -3.74. The van der Waals surface area contributed by atoms with Gasteiger partial charge < -0.3 is 23.9 Å². The first-order valence-corrected chi connectivity index (χ1v) is 9.82. The van der Waals surface area contributed by atoms with E-state index in [0.717, 1.165) is 27.8 Å². The summed E-state index contributed by atoms with van der Waals surface area (Å²) in [4.78, 5) is 12.5. The van der Waals surface area contributed by atoms with Crippen molar-refractivity contribution in [3.05, 3.63) is 66.0 Å². The van der Waals surface area contributed by atoms with Crippen molar-refractivity contribution in [2.24, 2.45) is 7.05 Å². The molecule has 7 heteroatoms. The fourth-order valence-corrected chi connectivity index (χ4v) is 3.72. The first kappa shape index (κ1) is 18.3. The van der Waals surface area contributed by atoms with Crippen molar-refractivity contribution in [1.29, 1.82) is 0 Å². The van der Waals surface area contributed by atoms with E-state index in [1.807, 2.05) is 66.3 Å². The average Bonchev–Trinajstić information content (AvgIpc) is 3.37. The molecule has 1 aliphatic heterocycles. The predicted octanol–water partition coefficient (Wildman–Crippen LogP) is 3.46. The van der Waals surface area contributed by atoms with Crippen molar-refractivity contribution >= 4 is 16.8 Å². The number of hydrogen-bond acceptors (Lipinski definition) is 5. The molecule has 0 saturated carbocycles. The molecule has 30 heavy (non-hydrogen) atoms. The second-order valence-electron chi connectivity index (χ2n) is 7.28. The Morgan fingerprint density at radius 1 is 1.10 bits per heavy atom. The van der Waals surface area contributed by atoms with Crippen molar-refractivity contribution in [2.45, 2.75) is 13.0 Å². The fraction of sp³-hybridized carbons (Fsp3) is 0.217. The van der Waals surface area contributed by atoms with Crippen LogP contribution in [0.3, 0.4) is 0 Å². The highest BCUT2D eigenvalue weighted by molar-refractivity contribution is 5.89. The summed E-state index contributed by atoms with van der Waals surface area (Å²) in [5, 5.41) is 8.09. The molecule has 0 aliphatic carbocycles. The number of hydrogen-bond donors (Lipinski definition) is 1. The third-order valence-corrected chi connectivity index (χ3v) is 5.18. The molecule has 5 rings (SSSR count). The van der Waals surface area contributed by atoms with Gasteiger partial charge in [0, 0.05) is 35.8 Å². The molecule has 0 unspecified atom stereocenters. The smallest absolute Gasteiger partial charge is 0.224 e. The van der Waals surface area contributed by atoms with Crippen LogP contribution in [-0.2, 0) is 24.8 Å². The molecule has 152 valence electrons. The van der Waals surface area contributed by atoms with Gasteiger partial charge in [-0.25, -0.2) is 0 Å². The number of amides is 1. The number of benzene rings is 2. The summed E-state index contributed by atoms with van der Waals surface area (Å²) in [6.07, 6.45) is 2.31. The molecule has 0 spiro atoms. The monoisotopic (exact) mass is 403 g/mol. The van der Waals surface area contributed by atoms with Crippen molar-refractivity contribution in [1.82, 2.24) is 15.0 Å². The molecule has 0 radical (unpaired) electrons. The number of ether oxygens (including phenoxy) is 2. The summed E-state index contributed by atoms with van der Waals surface area (Å²) in [6, 6.07) is 15.5. The number of para-hydroxylation sites is 1. The Kier molecular flexibility index (Phi) is 4.63. The van der Waals surface area contributed by atoms with E-state index in [1.54, 1.807) is 0 Å². The molecule has 0 atom stereocenters. The molecular formula is C23H21N3O4. The van der Waals surface area contributed by atoms with Crippen LogP contribution in [0.1, 0.15) is 11.3 Å². The van der Waals surface area contributed by atoms with Gasteiger partial charge in [-0.05, 0) is 29.8 Å². The van der Waals surface area contributed by atoms with Gasteiger partial charge >= 0.3 is 0 Å². The summed E-state index contributed by atoms with van der Waals surface area (Å²) in [5.74, 6) is 1.98. The maximum atomic E-state index is 12.5. The summed E-state index contributed by atoms with van der Waals surface area (Å²) >= 11 is 0. The Balaban J connectivity index is 1.24. The molecule has 7 nitrogen and oxygen atoms in total. The predicted molar refractivity (Wildman–Crippen MR) is 111 cm³/mol. The van der Waals surface area contributed by atoms with E-state index in [2.05, 4.69) is 10.5 Å². The number of aromatic nitrogens is 2. The number of fused-ring (bicyclic) bond motifs is 2. The highest BCUT2D eigenvalue weighted by Gasteiger charge is 2.15. The maximum Gasteiger partial charge on any atom is 0.224 e. The molecule has 0 bridgehead atoms. The van der Waals surface area contributed by atoms with E-state index < -0.39 is 0 Å². The standard InChI is InChI=1S/C23H21N3O4/c1-26-14-16(18-4-2-3-5-19(18)26)11-23(27)24-13-17-12-21(30-25-17)15-6-7-20-22(10-15)29-9-8-28-20/h2-7,10,12,14H,8-9,11,13H2,1H3,(H,24,27). The van der Waals surface area contributed by atoms with Gasteiger partial charge in [-0.1, -0.05) is 23.4 Å². The van der Waals surface area contributed by atoms with Crippen LogP contribution >= 0.6 is 0 Å². The maximum absolute atomic E-state index is 12.5. The van der Waals surface area contributed by atoms with Gasteiger partial charge in [0.1, 0.15) is 18.9 Å². The Labute approximate surface area is 173 Å². The lowest BCUT2D eigenvalue weighted by Crippen LogP contribution is -2.24. The lowest BCUT2D eigenvalue weighted by atomic mass is 10.1. The van der Waals surface area contributed by atoms with Crippen LogP contribution in [0.4, 0.5) is 0 Å². The third-order valence-electron chi connectivity index (χ3n) is 5.18. The van der Waals surface area contributed by atoms with Crippen LogP contribution < -0.4 is 14.8 Å². The summed E-state index contributed by atoms with van der Waals surface area (Å²) in [5.41, 5.74) is 3.62. The zero-order chi connectivity index (χ0) is 20.5. The van der Waals surface area contributed by atoms with Crippen molar-refractivity contribution < 1.29 is 18.8 Å². The zero-order valence-corrected chi connectivity index (χ0v) is 16.6. The summed E-state index contributed by atoms with van der Waals surface area (Å²) in [6.45, 7) is 1.38. The third kappa shape index (κ3) is 3.50. The van der Waals surface area contributed by atoms with Crippen LogP contribution in [0, 0.1) is 0 Å².